The molecule has 0 atom stereocenters. The highest BCUT2D eigenvalue weighted by molar-refractivity contribution is 6.66. The highest BCUT2D eigenvalue weighted by Crippen LogP contribution is 1.95. The lowest BCUT2D eigenvalue weighted by Crippen LogP contribution is -2.25. The van der Waals surface area contributed by atoms with Crippen LogP contribution in [0.3, 0.4) is 0 Å². The van der Waals surface area contributed by atoms with Gasteiger partial charge in [0.2, 0.25) is 0 Å². The zero-order valence-electron chi connectivity index (χ0n) is 9.91. The smallest absolute Gasteiger partial charge is 0.271 e. The quantitative estimate of drug-likeness (QED) is 0.462. The van der Waals surface area contributed by atoms with Crippen molar-refractivity contribution < 1.29 is 14.8 Å². The largest absolute Gasteiger partial charge is 0.410 e. The van der Waals surface area contributed by atoms with Crippen molar-refractivity contribution in [2.45, 2.75) is 13.8 Å². The lowest BCUT2D eigenvalue weighted by atomic mass is 10.2. The molecule has 1 heterocycles. The van der Waals surface area contributed by atoms with E-state index < -0.39 is 11.7 Å². The molecule has 0 saturated carbocycles. The summed E-state index contributed by atoms with van der Waals surface area (Å²) in [6.45, 7) is 2.68. The van der Waals surface area contributed by atoms with Gasteiger partial charge >= 0.3 is 0 Å². The van der Waals surface area contributed by atoms with Gasteiger partial charge < -0.3 is 5.21 Å². The van der Waals surface area contributed by atoms with E-state index in [0.717, 1.165) is 0 Å². The van der Waals surface area contributed by atoms with E-state index in [-0.39, 0.29) is 11.4 Å². The molecule has 0 saturated heterocycles. The van der Waals surface area contributed by atoms with Crippen LogP contribution in [0.5, 0.6) is 0 Å². The van der Waals surface area contributed by atoms with E-state index in [1.807, 2.05) is 0 Å². The minimum absolute atomic E-state index is 0.118. The maximum Gasteiger partial charge on any atom is 0.271 e. The fourth-order valence-corrected chi connectivity index (χ4v) is 1.15. The maximum atomic E-state index is 11.6. The van der Waals surface area contributed by atoms with Crippen molar-refractivity contribution in [1.29, 1.82) is 0 Å². The summed E-state index contributed by atoms with van der Waals surface area (Å²) in [5.41, 5.74) is 2.54. The molecule has 2 N–H and O–H groups in total. The van der Waals surface area contributed by atoms with Gasteiger partial charge in [-0.05, 0) is 19.1 Å². The van der Waals surface area contributed by atoms with Gasteiger partial charge in [0, 0.05) is 24.9 Å². The van der Waals surface area contributed by atoms with E-state index in [4.69, 9.17) is 5.21 Å². The summed E-state index contributed by atoms with van der Waals surface area (Å²) in [4.78, 5) is 26.4. The van der Waals surface area contributed by atoms with Crippen LogP contribution in [0.1, 0.15) is 24.2 Å². The van der Waals surface area contributed by atoms with Crippen LogP contribution in [0.2, 0.25) is 0 Å². The lowest BCUT2D eigenvalue weighted by Gasteiger charge is -2.02. The van der Waals surface area contributed by atoms with Crippen molar-refractivity contribution in [3.8, 4) is 0 Å². The number of carbonyl (C=O) groups is 2. The Labute approximate surface area is 103 Å². The van der Waals surface area contributed by atoms with Gasteiger partial charge in [-0.2, -0.15) is 5.10 Å². The van der Waals surface area contributed by atoms with Crippen LogP contribution in [-0.2, 0) is 4.79 Å². The molecule has 1 amide bonds. The Morgan fingerprint density at radius 1 is 1.28 bits per heavy atom. The minimum Gasteiger partial charge on any atom is -0.410 e. The number of nitrogens with one attached hydrogen (secondary N) is 1. The highest BCUT2D eigenvalue weighted by atomic mass is 16.4. The number of Topliss-reactive ketones (excluding diaryl/α,β-unsaturated/α-hetero) is 1. The van der Waals surface area contributed by atoms with E-state index in [1.54, 1.807) is 0 Å². The number of amides is 1. The molecule has 0 aliphatic rings. The monoisotopic (exact) mass is 248 g/mol. The highest BCUT2D eigenvalue weighted by Gasteiger charge is 2.11. The van der Waals surface area contributed by atoms with Crippen LogP contribution in [0.25, 0.3) is 0 Å². The Hall–Kier alpha value is -2.57. The molecule has 7 heteroatoms. The lowest BCUT2D eigenvalue weighted by molar-refractivity contribution is -0.111. The number of aromatic nitrogens is 1. The number of oxime groups is 1. The first-order valence-electron chi connectivity index (χ1n) is 5.04. The van der Waals surface area contributed by atoms with Crippen molar-refractivity contribution >= 4 is 23.1 Å². The van der Waals surface area contributed by atoms with Gasteiger partial charge in [-0.25, -0.2) is 5.43 Å². The molecule has 0 aliphatic carbocycles. The average Bonchev–Trinajstić information content (AvgIpc) is 2.37. The van der Waals surface area contributed by atoms with Crippen LogP contribution in [0.4, 0.5) is 0 Å². The summed E-state index contributed by atoms with van der Waals surface area (Å²) in [5, 5.41) is 15.1. The summed E-state index contributed by atoms with van der Waals surface area (Å²) >= 11 is 0. The molecule has 0 fully saturated rings. The van der Waals surface area contributed by atoms with E-state index >= 15 is 0 Å². The number of hydrogen-bond acceptors (Lipinski definition) is 6. The second kappa shape index (κ2) is 6.24. The molecule has 1 rings (SSSR count). The number of rotatable bonds is 4. The molecule has 0 radical (unpaired) electrons. The molecule has 7 nitrogen and oxygen atoms in total. The van der Waals surface area contributed by atoms with Gasteiger partial charge in [0.25, 0.3) is 5.91 Å². The van der Waals surface area contributed by atoms with Crippen molar-refractivity contribution in [1.82, 2.24) is 10.4 Å². The Bertz CT molecular complexity index is 508. The minimum atomic E-state index is -0.447. The van der Waals surface area contributed by atoms with Crippen molar-refractivity contribution in [3.63, 3.8) is 0 Å². The summed E-state index contributed by atoms with van der Waals surface area (Å²) in [5.74, 6) is -0.894. The normalized spacial score (nSPS) is 12.1. The van der Waals surface area contributed by atoms with Gasteiger partial charge in [-0.3, -0.25) is 14.6 Å². The fraction of sp³-hybridized carbons (Fsp3) is 0.182. The van der Waals surface area contributed by atoms with Gasteiger partial charge in [-0.15, -0.1) is 0 Å². The van der Waals surface area contributed by atoms with Crippen LogP contribution >= 0.6 is 0 Å². The Morgan fingerprint density at radius 3 is 2.39 bits per heavy atom. The zero-order chi connectivity index (χ0) is 13.5. The number of hydrazone groups is 1. The predicted molar refractivity (Wildman–Crippen MR) is 64.7 cm³/mol. The Morgan fingerprint density at radius 2 is 1.89 bits per heavy atom. The van der Waals surface area contributed by atoms with Crippen molar-refractivity contribution in [2.75, 3.05) is 0 Å². The van der Waals surface area contributed by atoms with E-state index in [1.165, 1.54) is 38.4 Å². The fourth-order valence-electron chi connectivity index (χ4n) is 1.15. The number of hydrogen-bond donors (Lipinski definition) is 2. The topological polar surface area (TPSA) is 104 Å². The third kappa shape index (κ3) is 3.48. The SMILES string of the molecule is CC(=O)C(=NO)C(C)=NNC(=O)c1ccncc1. The van der Waals surface area contributed by atoms with Gasteiger partial charge in [-0.1, -0.05) is 5.16 Å². The molecule has 0 spiro atoms. The molecule has 0 bridgehead atoms. The van der Waals surface area contributed by atoms with Crippen LogP contribution in [-0.4, -0.2) is 33.3 Å². The standard InChI is InChI=1S/C11H12N4O3/c1-7(10(15-18)8(2)16)13-14-11(17)9-3-5-12-6-4-9/h3-6,18H,1-2H3,(H,14,17). The van der Waals surface area contributed by atoms with Crippen LogP contribution in [0, 0.1) is 0 Å². The first kappa shape index (κ1) is 13.5. The van der Waals surface area contributed by atoms with Crippen LogP contribution in [0.15, 0.2) is 34.8 Å². The number of pyridine rings is 1. The molecule has 1 aromatic rings. The molecule has 1 aromatic heterocycles. The van der Waals surface area contributed by atoms with E-state index in [0.29, 0.717) is 5.56 Å². The summed E-state index contributed by atoms with van der Waals surface area (Å²) in [6, 6.07) is 3.04. The first-order chi connectivity index (χ1) is 8.56. The number of carbonyl (C=O) groups excluding carboxylic acids is 2. The number of nitrogens with zero attached hydrogens (tertiary/aromatic N) is 3. The molecular weight excluding hydrogens is 236 g/mol. The van der Waals surface area contributed by atoms with Crippen LogP contribution < -0.4 is 5.43 Å². The molecule has 94 valence electrons. The molecular formula is C11H12N4O3. The van der Waals surface area contributed by atoms with Gasteiger partial charge in [0.1, 0.15) is 0 Å². The molecule has 18 heavy (non-hydrogen) atoms. The predicted octanol–water partition coefficient (Wildman–Crippen LogP) is 0.606. The Balaban J connectivity index is 2.76. The van der Waals surface area contributed by atoms with Crippen molar-refractivity contribution in [2.24, 2.45) is 10.3 Å². The summed E-state index contributed by atoms with van der Waals surface area (Å²) in [7, 11) is 0. The third-order valence-electron chi connectivity index (χ3n) is 2.04. The van der Waals surface area contributed by atoms with E-state index in [9.17, 15) is 9.59 Å². The maximum absolute atomic E-state index is 11.6. The number of ketones is 1. The zero-order valence-corrected chi connectivity index (χ0v) is 9.91. The van der Waals surface area contributed by atoms with Gasteiger partial charge in [0.15, 0.2) is 11.5 Å². The van der Waals surface area contributed by atoms with Crippen molar-refractivity contribution in [3.05, 3.63) is 30.1 Å². The van der Waals surface area contributed by atoms with E-state index in [2.05, 4.69) is 20.7 Å². The Kier molecular flexibility index (Phi) is 4.67. The molecule has 0 aliphatic heterocycles. The van der Waals surface area contributed by atoms with Gasteiger partial charge in [0.05, 0.1) is 5.71 Å². The first-order valence-corrected chi connectivity index (χ1v) is 5.04. The molecule has 0 unspecified atom stereocenters. The molecule has 0 aromatic carbocycles. The average molecular weight is 248 g/mol. The second-order valence-corrected chi connectivity index (χ2v) is 3.38. The summed E-state index contributed by atoms with van der Waals surface area (Å²) in [6.07, 6.45) is 2.95. The summed E-state index contributed by atoms with van der Waals surface area (Å²) < 4.78 is 0. The second-order valence-electron chi connectivity index (χ2n) is 3.38. The third-order valence-corrected chi connectivity index (χ3v) is 2.04.